The second-order valence-electron chi connectivity index (χ2n) is 12.8. The van der Waals surface area contributed by atoms with Crippen LogP contribution >= 0.6 is 0 Å². The lowest BCUT2D eigenvalue weighted by molar-refractivity contribution is 0.661. The summed E-state index contributed by atoms with van der Waals surface area (Å²) in [7, 11) is 0. The number of aromatic nitrogens is 5. The van der Waals surface area contributed by atoms with Crippen LogP contribution in [0.25, 0.3) is 89.5 Å². The first-order valence-electron chi connectivity index (χ1n) is 17.2. The van der Waals surface area contributed by atoms with Crippen molar-refractivity contribution in [2.45, 2.75) is 0 Å². The Hall–Kier alpha value is -7.45. The Labute approximate surface area is 301 Å². The summed E-state index contributed by atoms with van der Waals surface area (Å²) in [6.07, 6.45) is 0. The lowest BCUT2D eigenvalue weighted by Gasteiger charge is -2.17. The summed E-state index contributed by atoms with van der Waals surface area (Å²) >= 11 is 0. The second kappa shape index (κ2) is 12.1. The third-order valence-electron chi connectivity index (χ3n) is 9.60. The first-order chi connectivity index (χ1) is 26.1. The first kappa shape index (κ1) is 30.4. The summed E-state index contributed by atoms with van der Waals surface area (Å²) in [4.78, 5) is 44.4. The van der Waals surface area contributed by atoms with Crippen LogP contribution < -0.4 is 11.1 Å². The second-order valence-corrected chi connectivity index (χ2v) is 12.8. The average Bonchev–Trinajstić information content (AvgIpc) is 3.62. The number of rotatable bonds is 5. The van der Waals surface area contributed by atoms with Crippen molar-refractivity contribution in [2.24, 2.45) is 0 Å². The Kier molecular flexibility index (Phi) is 6.94. The molecule has 250 valence electrons. The lowest BCUT2D eigenvalue weighted by atomic mass is 9.98. The van der Waals surface area contributed by atoms with Gasteiger partial charge in [0, 0.05) is 33.0 Å². The summed E-state index contributed by atoms with van der Waals surface area (Å²) in [6, 6.07) is 51.9. The molecule has 0 radical (unpaired) electrons. The zero-order valence-electron chi connectivity index (χ0n) is 28.0. The van der Waals surface area contributed by atoms with Crippen LogP contribution in [0.1, 0.15) is 0 Å². The minimum absolute atomic E-state index is 0.199. The van der Waals surface area contributed by atoms with Crippen LogP contribution in [0.4, 0.5) is 0 Å². The van der Waals surface area contributed by atoms with E-state index in [4.69, 9.17) is 19.4 Å². The van der Waals surface area contributed by atoms with E-state index in [1.54, 1.807) is 4.57 Å². The number of nitrogens with zero attached hydrogens (tertiary/aromatic N) is 5. The zero-order valence-corrected chi connectivity index (χ0v) is 28.0. The van der Waals surface area contributed by atoms with Gasteiger partial charge in [-0.3, -0.25) is 18.6 Å². The van der Waals surface area contributed by atoms with Gasteiger partial charge < -0.3 is 4.42 Å². The fraction of sp³-hybridized carbons (Fsp3) is 0. The number of fused-ring (bicyclic) bond motifs is 6. The first-order valence-corrected chi connectivity index (χ1v) is 17.2. The molecule has 0 unspecified atom stereocenters. The normalized spacial score (nSPS) is 11.5. The Morgan fingerprint density at radius 2 is 1.00 bits per heavy atom. The standard InChI is InChI=1S/C45H27N5O3/c51-44-39-37(28-15-4-1-5-16-28)38-33-23-10-13-26-36(33)53-40(38)45(52)50(39)35-25-12-11-24-34(35)49(44)32-22-14-21-31(27-32)43-47-41(29-17-6-2-7-18-29)46-42(48-43)30-19-8-3-9-20-30/h1-27H. The maximum atomic E-state index is 15.2. The molecule has 8 heteroatoms. The van der Waals surface area contributed by atoms with E-state index in [1.807, 2.05) is 164 Å². The molecule has 0 aliphatic heterocycles. The van der Waals surface area contributed by atoms with Gasteiger partial charge in [0.15, 0.2) is 17.5 Å². The number of furan rings is 1. The molecule has 53 heavy (non-hydrogen) atoms. The number of pyridine rings is 1. The van der Waals surface area contributed by atoms with Gasteiger partial charge >= 0.3 is 0 Å². The third-order valence-corrected chi connectivity index (χ3v) is 9.60. The Morgan fingerprint density at radius 3 is 1.66 bits per heavy atom. The van der Waals surface area contributed by atoms with E-state index in [2.05, 4.69) is 0 Å². The molecule has 0 atom stereocenters. The summed E-state index contributed by atoms with van der Waals surface area (Å²) in [5.41, 5.74) is 5.84. The van der Waals surface area contributed by atoms with E-state index in [9.17, 15) is 4.79 Å². The van der Waals surface area contributed by atoms with Crippen molar-refractivity contribution in [2.75, 3.05) is 0 Å². The minimum Gasteiger partial charge on any atom is -0.450 e. The molecule has 6 aromatic carbocycles. The van der Waals surface area contributed by atoms with Crippen molar-refractivity contribution in [3.8, 4) is 51.0 Å². The van der Waals surface area contributed by atoms with Crippen molar-refractivity contribution >= 4 is 38.5 Å². The molecular formula is C45H27N5O3. The van der Waals surface area contributed by atoms with Crippen molar-refractivity contribution in [1.82, 2.24) is 23.9 Å². The van der Waals surface area contributed by atoms with Crippen molar-refractivity contribution in [3.63, 3.8) is 0 Å². The van der Waals surface area contributed by atoms with Gasteiger partial charge in [0.25, 0.3) is 11.1 Å². The fourth-order valence-corrected chi connectivity index (χ4v) is 7.23. The van der Waals surface area contributed by atoms with Crippen molar-refractivity contribution < 1.29 is 4.42 Å². The highest BCUT2D eigenvalue weighted by atomic mass is 16.3. The number of hydrogen-bond donors (Lipinski definition) is 0. The van der Waals surface area contributed by atoms with Crippen molar-refractivity contribution in [1.29, 1.82) is 0 Å². The molecule has 0 aliphatic rings. The van der Waals surface area contributed by atoms with E-state index in [-0.39, 0.29) is 16.7 Å². The van der Waals surface area contributed by atoms with Crippen LogP contribution in [0.5, 0.6) is 0 Å². The minimum atomic E-state index is -0.396. The zero-order chi connectivity index (χ0) is 35.5. The van der Waals surface area contributed by atoms with E-state index in [1.165, 1.54) is 4.40 Å². The third kappa shape index (κ3) is 4.88. The van der Waals surface area contributed by atoms with Crippen LogP contribution in [0, 0.1) is 0 Å². The van der Waals surface area contributed by atoms with E-state index in [0.29, 0.717) is 56.3 Å². The molecule has 0 bridgehead atoms. The molecule has 0 fully saturated rings. The van der Waals surface area contributed by atoms with Crippen molar-refractivity contribution in [3.05, 3.63) is 184 Å². The Balaban J connectivity index is 1.28. The summed E-state index contributed by atoms with van der Waals surface area (Å²) in [5.74, 6) is 1.54. The largest absolute Gasteiger partial charge is 0.450 e. The number of benzene rings is 6. The summed E-state index contributed by atoms with van der Waals surface area (Å²) in [5, 5.41) is 1.37. The van der Waals surface area contributed by atoms with E-state index in [0.717, 1.165) is 22.1 Å². The molecule has 10 aromatic rings. The quantitative estimate of drug-likeness (QED) is 0.168. The summed E-state index contributed by atoms with van der Waals surface area (Å²) < 4.78 is 9.43. The van der Waals surface area contributed by atoms with Crippen LogP contribution in [0.2, 0.25) is 0 Å². The predicted molar refractivity (Wildman–Crippen MR) is 209 cm³/mol. The monoisotopic (exact) mass is 685 g/mol. The molecule has 0 aliphatic carbocycles. The van der Waals surface area contributed by atoms with Gasteiger partial charge in [-0.25, -0.2) is 15.0 Å². The average molecular weight is 686 g/mol. The van der Waals surface area contributed by atoms with Gasteiger partial charge in [0.1, 0.15) is 11.1 Å². The Bertz CT molecular complexity index is 3090. The molecule has 4 heterocycles. The number of hydrogen-bond acceptors (Lipinski definition) is 6. The van der Waals surface area contributed by atoms with Gasteiger partial charge in [0.05, 0.1) is 16.7 Å². The van der Waals surface area contributed by atoms with Gasteiger partial charge in [-0.15, -0.1) is 0 Å². The molecule has 0 saturated carbocycles. The van der Waals surface area contributed by atoms with Gasteiger partial charge in [-0.2, -0.15) is 0 Å². The molecule has 0 spiro atoms. The fourth-order valence-electron chi connectivity index (χ4n) is 7.23. The Morgan fingerprint density at radius 1 is 0.472 bits per heavy atom. The molecule has 0 saturated heterocycles. The highest BCUT2D eigenvalue weighted by Gasteiger charge is 2.25. The van der Waals surface area contributed by atoms with Crippen LogP contribution in [0.15, 0.2) is 178 Å². The smallest absolute Gasteiger partial charge is 0.299 e. The highest BCUT2D eigenvalue weighted by molar-refractivity contribution is 6.16. The molecule has 0 N–H and O–H groups in total. The van der Waals surface area contributed by atoms with Gasteiger partial charge in [-0.05, 0) is 35.9 Å². The van der Waals surface area contributed by atoms with Gasteiger partial charge in [0.2, 0.25) is 5.58 Å². The lowest BCUT2D eigenvalue weighted by Crippen LogP contribution is -2.28. The SMILES string of the molecule is O=c1c2c(-c3ccccc3)c3c(oc4ccccc43)c(=O)n2c2ccccc2n1-c1cccc(-c2nc(-c3ccccc3)nc(-c3ccccc3)n2)c1. The molecule has 0 amide bonds. The highest BCUT2D eigenvalue weighted by Crippen LogP contribution is 2.38. The van der Waals surface area contributed by atoms with Crippen LogP contribution in [-0.4, -0.2) is 23.9 Å². The maximum absolute atomic E-state index is 15.2. The topological polar surface area (TPSA) is 95.3 Å². The maximum Gasteiger partial charge on any atom is 0.299 e. The van der Waals surface area contributed by atoms with Gasteiger partial charge in [-0.1, -0.05) is 133 Å². The van der Waals surface area contributed by atoms with Crippen LogP contribution in [-0.2, 0) is 0 Å². The van der Waals surface area contributed by atoms with E-state index < -0.39 is 5.56 Å². The van der Waals surface area contributed by atoms with Crippen LogP contribution in [0.3, 0.4) is 0 Å². The predicted octanol–water partition coefficient (Wildman–Crippen LogP) is 9.36. The van der Waals surface area contributed by atoms with E-state index >= 15 is 4.79 Å². The molecule has 8 nitrogen and oxygen atoms in total. The molecular weight excluding hydrogens is 659 g/mol. The molecule has 4 aromatic heterocycles. The molecule has 10 rings (SSSR count). The summed E-state index contributed by atoms with van der Waals surface area (Å²) in [6.45, 7) is 0. The number of para-hydroxylation sites is 3.